The highest BCUT2D eigenvalue weighted by Crippen LogP contribution is 2.45. The van der Waals surface area contributed by atoms with Crippen molar-refractivity contribution in [3.63, 3.8) is 0 Å². The molecule has 0 aromatic heterocycles. The van der Waals surface area contributed by atoms with Gasteiger partial charge in [-0.15, -0.1) is 12.4 Å². The first kappa shape index (κ1) is 15.8. The lowest BCUT2D eigenvalue weighted by Crippen LogP contribution is -2.50. The molecule has 0 unspecified atom stereocenters. The van der Waals surface area contributed by atoms with Gasteiger partial charge in [-0.05, 0) is 30.1 Å². The van der Waals surface area contributed by atoms with Gasteiger partial charge < -0.3 is 10.6 Å². The number of hydrogen-bond acceptors (Lipinski definition) is 2. The molecule has 2 N–H and O–H groups in total. The van der Waals surface area contributed by atoms with Gasteiger partial charge in [0.2, 0.25) is 5.91 Å². The number of carbonyl (C=O) groups excluding carboxylic acids is 1. The third-order valence-corrected chi connectivity index (χ3v) is 4.61. The summed E-state index contributed by atoms with van der Waals surface area (Å²) in [5, 5.41) is 0. The van der Waals surface area contributed by atoms with Crippen LogP contribution in [0, 0.1) is 10.8 Å². The topological polar surface area (TPSA) is 46.3 Å². The number of likely N-dealkylation sites (tertiary alicyclic amines) is 1. The quantitative estimate of drug-likeness (QED) is 0.799. The van der Waals surface area contributed by atoms with Crippen molar-refractivity contribution in [2.75, 3.05) is 13.1 Å². The van der Waals surface area contributed by atoms with Crippen LogP contribution < -0.4 is 5.73 Å². The summed E-state index contributed by atoms with van der Waals surface area (Å²) in [5.41, 5.74) is 6.39. The molecular formula is C14H27ClN2O. The Balaban J connectivity index is 0.00000162. The van der Waals surface area contributed by atoms with Crippen LogP contribution in [0.2, 0.25) is 0 Å². The van der Waals surface area contributed by atoms with Crippen LogP contribution in [0.4, 0.5) is 0 Å². The van der Waals surface area contributed by atoms with Gasteiger partial charge in [0.25, 0.3) is 0 Å². The maximum absolute atomic E-state index is 12.3. The highest BCUT2D eigenvalue weighted by atomic mass is 35.5. The number of nitrogens with zero attached hydrogens (tertiary/aromatic N) is 1. The van der Waals surface area contributed by atoms with E-state index in [2.05, 4.69) is 0 Å². The van der Waals surface area contributed by atoms with Crippen molar-refractivity contribution in [1.29, 1.82) is 0 Å². The van der Waals surface area contributed by atoms with Crippen LogP contribution in [-0.4, -0.2) is 29.9 Å². The van der Waals surface area contributed by atoms with E-state index in [0.29, 0.717) is 5.41 Å². The lowest BCUT2D eigenvalue weighted by atomic mass is 9.85. The van der Waals surface area contributed by atoms with Crippen LogP contribution >= 0.6 is 12.4 Å². The van der Waals surface area contributed by atoms with Gasteiger partial charge in [0.1, 0.15) is 0 Å². The Labute approximate surface area is 117 Å². The van der Waals surface area contributed by atoms with Gasteiger partial charge in [0.15, 0.2) is 0 Å². The third-order valence-electron chi connectivity index (χ3n) is 4.61. The van der Waals surface area contributed by atoms with Crippen molar-refractivity contribution >= 4 is 18.3 Å². The fraction of sp³-hybridized carbons (Fsp3) is 0.929. The molecule has 0 bridgehead atoms. The minimum atomic E-state index is -0.362. The van der Waals surface area contributed by atoms with Crippen molar-refractivity contribution in [1.82, 2.24) is 4.90 Å². The Hall–Kier alpha value is -0.280. The van der Waals surface area contributed by atoms with E-state index in [4.69, 9.17) is 5.73 Å². The van der Waals surface area contributed by atoms with E-state index in [1.165, 1.54) is 32.1 Å². The average molecular weight is 275 g/mol. The number of nitrogens with two attached hydrogens (primary N) is 1. The highest BCUT2D eigenvalue weighted by molar-refractivity contribution is 5.85. The largest absolute Gasteiger partial charge is 0.341 e. The molecule has 1 saturated carbocycles. The van der Waals surface area contributed by atoms with E-state index in [-0.39, 0.29) is 29.8 Å². The molecule has 2 fully saturated rings. The molecular weight excluding hydrogens is 248 g/mol. The van der Waals surface area contributed by atoms with Gasteiger partial charge in [0, 0.05) is 13.1 Å². The van der Waals surface area contributed by atoms with E-state index < -0.39 is 0 Å². The Bertz CT molecular complexity index is 305. The number of halogens is 1. The molecule has 1 atom stereocenters. The van der Waals surface area contributed by atoms with Gasteiger partial charge in [-0.2, -0.15) is 0 Å². The fourth-order valence-corrected chi connectivity index (χ4v) is 3.22. The summed E-state index contributed by atoms with van der Waals surface area (Å²) in [6, 6.07) is -0.362. The van der Waals surface area contributed by atoms with Crippen molar-refractivity contribution in [2.45, 2.75) is 58.9 Å². The van der Waals surface area contributed by atoms with E-state index in [1.54, 1.807) is 0 Å². The molecule has 4 heteroatoms. The van der Waals surface area contributed by atoms with Gasteiger partial charge in [0.05, 0.1) is 6.04 Å². The summed E-state index contributed by atoms with van der Waals surface area (Å²) in [6.07, 6.45) is 6.49. The molecule has 106 valence electrons. The molecule has 1 heterocycles. The smallest absolute Gasteiger partial charge is 0.240 e. The summed E-state index contributed by atoms with van der Waals surface area (Å²) in [4.78, 5) is 14.3. The molecule has 2 rings (SSSR count). The van der Waals surface area contributed by atoms with E-state index in [9.17, 15) is 4.79 Å². The molecule has 0 aromatic rings. The minimum absolute atomic E-state index is 0. The van der Waals surface area contributed by atoms with E-state index in [0.717, 1.165) is 13.1 Å². The monoisotopic (exact) mass is 274 g/mol. The highest BCUT2D eigenvalue weighted by Gasteiger charge is 2.43. The first-order valence-electron chi connectivity index (χ1n) is 6.89. The standard InChI is InChI=1S/C14H26N2O.ClH/c1-13(2,3)11(15)12(17)16-9-8-14(10-16)6-4-5-7-14;/h11H,4-10,15H2,1-3H3;1H/t11-;/m1./s1. The number of hydrogen-bond donors (Lipinski definition) is 1. The zero-order chi connectivity index (χ0) is 12.7. The van der Waals surface area contributed by atoms with Crippen LogP contribution in [0.5, 0.6) is 0 Å². The van der Waals surface area contributed by atoms with Crippen LogP contribution in [0.3, 0.4) is 0 Å². The molecule has 1 amide bonds. The second kappa shape index (κ2) is 5.38. The first-order chi connectivity index (χ1) is 7.84. The number of carbonyl (C=O) groups is 1. The van der Waals surface area contributed by atoms with Gasteiger partial charge in [-0.25, -0.2) is 0 Å². The fourth-order valence-electron chi connectivity index (χ4n) is 3.22. The van der Waals surface area contributed by atoms with Crippen molar-refractivity contribution in [3.8, 4) is 0 Å². The Morgan fingerprint density at radius 3 is 2.28 bits per heavy atom. The van der Waals surface area contributed by atoms with Gasteiger partial charge in [-0.3, -0.25) is 4.79 Å². The SMILES string of the molecule is CC(C)(C)[C@H](N)C(=O)N1CCC2(CCCC2)C1.Cl. The predicted octanol–water partition coefficient (Wildman–Crippen LogP) is 2.57. The molecule has 1 aliphatic carbocycles. The lowest BCUT2D eigenvalue weighted by molar-refractivity contribution is -0.134. The number of rotatable bonds is 1. The molecule has 18 heavy (non-hydrogen) atoms. The average Bonchev–Trinajstić information content (AvgIpc) is 2.86. The van der Waals surface area contributed by atoms with E-state index in [1.807, 2.05) is 25.7 Å². The normalized spacial score (nSPS) is 24.1. The first-order valence-corrected chi connectivity index (χ1v) is 6.89. The molecule has 1 aliphatic heterocycles. The maximum atomic E-state index is 12.3. The van der Waals surface area contributed by atoms with E-state index >= 15 is 0 Å². The zero-order valence-corrected chi connectivity index (χ0v) is 12.7. The molecule has 1 saturated heterocycles. The van der Waals surface area contributed by atoms with Crippen molar-refractivity contribution < 1.29 is 4.79 Å². The second-order valence-electron chi connectivity index (χ2n) is 7.06. The molecule has 1 spiro atoms. The van der Waals surface area contributed by atoms with Gasteiger partial charge in [-0.1, -0.05) is 33.6 Å². The van der Waals surface area contributed by atoms with Crippen molar-refractivity contribution in [2.24, 2.45) is 16.6 Å². The number of amides is 1. The molecule has 0 radical (unpaired) electrons. The summed E-state index contributed by atoms with van der Waals surface area (Å²) >= 11 is 0. The minimum Gasteiger partial charge on any atom is -0.341 e. The summed E-state index contributed by atoms with van der Waals surface area (Å²) in [7, 11) is 0. The Morgan fingerprint density at radius 1 is 1.22 bits per heavy atom. The summed E-state index contributed by atoms with van der Waals surface area (Å²) < 4.78 is 0. The maximum Gasteiger partial charge on any atom is 0.240 e. The Kier molecular flexibility index (Phi) is 4.71. The zero-order valence-electron chi connectivity index (χ0n) is 11.9. The predicted molar refractivity (Wildman–Crippen MR) is 76.8 cm³/mol. The van der Waals surface area contributed by atoms with Gasteiger partial charge >= 0.3 is 0 Å². The van der Waals surface area contributed by atoms with Crippen LogP contribution in [0.25, 0.3) is 0 Å². The molecule has 0 aromatic carbocycles. The summed E-state index contributed by atoms with van der Waals surface area (Å²) in [6.45, 7) is 7.99. The van der Waals surface area contributed by atoms with Crippen LogP contribution in [0.15, 0.2) is 0 Å². The summed E-state index contributed by atoms with van der Waals surface area (Å²) in [5.74, 6) is 0.154. The second-order valence-corrected chi connectivity index (χ2v) is 7.06. The lowest BCUT2D eigenvalue weighted by Gasteiger charge is -2.31. The molecule has 3 nitrogen and oxygen atoms in total. The van der Waals surface area contributed by atoms with Crippen LogP contribution in [0.1, 0.15) is 52.9 Å². The van der Waals surface area contributed by atoms with Crippen molar-refractivity contribution in [3.05, 3.63) is 0 Å². The third kappa shape index (κ3) is 3.00. The molecule has 2 aliphatic rings. The van der Waals surface area contributed by atoms with Crippen LogP contribution in [-0.2, 0) is 4.79 Å². The Morgan fingerprint density at radius 2 is 1.78 bits per heavy atom.